The Hall–Kier alpha value is -0.380. The van der Waals surface area contributed by atoms with E-state index in [0.29, 0.717) is 0 Å². The molecule has 1 rings (SSSR count). The van der Waals surface area contributed by atoms with E-state index in [1.165, 1.54) is 5.69 Å². The summed E-state index contributed by atoms with van der Waals surface area (Å²) in [5, 5.41) is 8.72. The van der Waals surface area contributed by atoms with E-state index in [9.17, 15) is 0 Å². The van der Waals surface area contributed by atoms with E-state index in [-0.39, 0.29) is 5.41 Å². The zero-order valence-corrected chi connectivity index (χ0v) is 9.30. The normalized spacial score (nSPS) is 12.0. The first kappa shape index (κ1) is 9.71. The summed E-state index contributed by atoms with van der Waals surface area (Å²) in [7, 11) is 1.92. The summed E-state index contributed by atoms with van der Waals surface area (Å²) in [6, 6.07) is 0. The number of aromatic nitrogens is 3. The van der Waals surface area contributed by atoms with Crippen molar-refractivity contribution < 1.29 is 0 Å². The van der Waals surface area contributed by atoms with Crippen molar-refractivity contribution in [3.8, 4) is 0 Å². The van der Waals surface area contributed by atoms with Crippen LogP contribution in [0.5, 0.6) is 0 Å². The molecule has 0 atom stereocenters. The largest absolute Gasteiger partial charge is 0.252 e. The highest BCUT2D eigenvalue weighted by Crippen LogP contribution is 2.22. The first-order valence-electron chi connectivity index (χ1n) is 3.95. The number of aryl methyl sites for hydroxylation is 1. The van der Waals surface area contributed by atoms with Crippen molar-refractivity contribution in [1.29, 1.82) is 0 Å². The molecule has 0 radical (unpaired) electrons. The Labute approximate surface area is 81.3 Å². The highest BCUT2D eigenvalue weighted by atomic mass is 79.9. The second kappa shape index (κ2) is 3.56. The van der Waals surface area contributed by atoms with Gasteiger partial charge in [0, 0.05) is 12.4 Å². The summed E-state index contributed by atoms with van der Waals surface area (Å²) in [5.41, 5.74) is 1.45. The molecule has 0 fully saturated rings. The lowest BCUT2D eigenvalue weighted by Gasteiger charge is -2.20. The van der Waals surface area contributed by atoms with Crippen molar-refractivity contribution in [2.24, 2.45) is 12.5 Å². The molecular weight excluding hydrogens is 218 g/mol. The third-order valence-electron chi connectivity index (χ3n) is 1.83. The van der Waals surface area contributed by atoms with E-state index >= 15 is 0 Å². The molecule has 0 bridgehead atoms. The monoisotopic (exact) mass is 231 g/mol. The number of hydrogen-bond acceptors (Lipinski definition) is 2. The molecule has 1 heterocycles. The molecule has 3 nitrogen and oxygen atoms in total. The van der Waals surface area contributed by atoms with Gasteiger partial charge in [-0.1, -0.05) is 35.0 Å². The molecule has 0 aliphatic carbocycles. The standard InChI is InChI=1S/C8H14BrN3/c1-8(2,6-9)4-7-5-10-11-12(7)3/h5H,4,6H2,1-3H3. The minimum Gasteiger partial charge on any atom is -0.252 e. The smallest absolute Gasteiger partial charge is 0.0725 e. The second-order valence-corrected chi connectivity index (χ2v) is 4.38. The van der Waals surface area contributed by atoms with Crippen LogP contribution in [-0.2, 0) is 13.5 Å². The highest BCUT2D eigenvalue weighted by Gasteiger charge is 2.18. The number of rotatable bonds is 3. The Morgan fingerprint density at radius 1 is 1.58 bits per heavy atom. The lowest BCUT2D eigenvalue weighted by atomic mass is 9.91. The predicted molar refractivity (Wildman–Crippen MR) is 52.3 cm³/mol. The van der Waals surface area contributed by atoms with Crippen molar-refractivity contribution in [3.05, 3.63) is 11.9 Å². The van der Waals surface area contributed by atoms with Gasteiger partial charge in [-0.2, -0.15) is 0 Å². The van der Waals surface area contributed by atoms with Crippen molar-refractivity contribution in [2.45, 2.75) is 20.3 Å². The minimum absolute atomic E-state index is 0.273. The van der Waals surface area contributed by atoms with Crippen LogP contribution in [0.2, 0.25) is 0 Å². The van der Waals surface area contributed by atoms with E-state index in [1.807, 2.05) is 17.9 Å². The van der Waals surface area contributed by atoms with E-state index in [1.54, 1.807) is 0 Å². The molecule has 1 aromatic rings. The lowest BCUT2D eigenvalue weighted by Crippen LogP contribution is -2.18. The number of halogens is 1. The van der Waals surface area contributed by atoms with Crippen LogP contribution in [-0.4, -0.2) is 20.3 Å². The summed E-state index contributed by atoms with van der Waals surface area (Å²) in [4.78, 5) is 0. The van der Waals surface area contributed by atoms with Crippen LogP contribution in [0.3, 0.4) is 0 Å². The Balaban J connectivity index is 2.70. The Morgan fingerprint density at radius 2 is 2.25 bits per heavy atom. The van der Waals surface area contributed by atoms with Crippen molar-refractivity contribution in [1.82, 2.24) is 15.0 Å². The molecule has 0 saturated heterocycles. The fourth-order valence-electron chi connectivity index (χ4n) is 1.01. The van der Waals surface area contributed by atoms with E-state index in [4.69, 9.17) is 0 Å². The molecule has 0 aliphatic heterocycles. The number of alkyl halides is 1. The summed E-state index contributed by atoms with van der Waals surface area (Å²) in [6.45, 7) is 4.43. The predicted octanol–water partition coefficient (Wildman–Crippen LogP) is 1.78. The van der Waals surface area contributed by atoms with Crippen LogP contribution >= 0.6 is 15.9 Å². The summed E-state index contributed by atoms with van der Waals surface area (Å²) >= 11 is 3.49. The first-order valence-corrected chi connectivity index (χ1v) is 5.07. The van der Waals surface area contributed by atoms with Crippen molar-refractivity contribution in [3.63, 3.8) is 0 Å². The summed E-state index contributed by atoms with van der Waals surface area (Å²) in [6.07, 6.45) is 2.83. The fraction of sp³-hybridized carbons (Fsp3) is 0.750. The van der Waals surface area contributed by atoms with Gasteiger partial charge in [-0.3, -0.25) is 4.68 Å². The van der Waals surface area contributed by atoms with Gasteiger partial charge in [0.05, 0.1) is 11.9 Å². The van der Waals surface area contributed by atoms with Gasteiger partial charge in [-0.25, -0.2) is 0 Å². The van der Waals surface area contributed by atoms with Crippen molar-refractivity contribution >= 4 is 15.9 Å². The maximum Gasteiger partial charge on any atom is 0.0725 e. The molecule has 0 spiro atoms. The molecule has 0 unspecified atom stereocenters. The van der Waals surface area contributed by atoms with Crippen LogP contribution in [0.15, 0.2) is 6.20 Å². The van der Waals surface area contributed by atoms with Gasteiger partial charge in [0.25, 0.3) is 0 Å². The SMILES string of the molecule is Cn1nncc1CC(C)(C)CBr. The molecule has 0 saturated carbocycles. The topological polar surface area (TPSA) is 30.7 Å². The van der Waals surface area contributed by atoms with Gasteiger partial charge in [-0.15, -0.1) is 5.10 Å². The summed E-state index contributed by atoms with van der Waals surface area (Å²) in [5.74, 6) is 0. The number of hydrogen-bond donors (Lipinski definition) is 0. The Morgan fingerprint density at radius 3 is 2.67 bits per heavy atom. The third kappa shape index (κ3) is 2.30. The average molecular weight is 232 g/mol. The van der Waals surface area contributed by atoms with Gasteiger partial charge in [0.15, 0.2) is 0 Å². The molecule has 0 aliphatic rings. The maximum atomic E-state index is 3.89. The molecule has 0 N–H and O–H groups in total. The summed E-state index contributed by atoms with van der Waals surface area (Å²) < 4.78 is 1.82. The number of nitrogens with zero attached hydrogens (tertiary/aromatic N) is 3. The zero-order chi connectivity index (χ0) is 9.19. The van der Waals surface area contributed by atoms with E-state index in [0.717, 1.165) is 11.8 Å². The van der Waals surface area contributed by atoms with E-state index in [2.05, 4.69) is 40.1 Å². The lowest BCUT2D eigenvalue weighted by molar-refractivity contribution is 0.410. The van der Waals surface area contributed by atoms with Crippen LogP contribution in [0.1, 0.15) is 19.5 Å². The molecule has 0 amide bonds. The zero-order valence-electron chi connectivity index (χ0n) is 7.71. The minimum atomic E-state index is 0.273. The van der Waals surface area contributed by atoms with Crippen LogP contribution in [0.25, 0.3) is 0 Å². The first-order chi connectivity index (χ1) is 5.55. The average Bonchev–Trinajstić information content (AvgIpc) is 2.36. The van der Waals surface area contributed by atoms with Gasteiger partial charge >= 0.3 is 0 Å². The van der Waals surface area contributed by atoms with Gasteiger partial charge in [-0.05, 0) is 11.8 Å². The molecule has 68 valence electrons. The Bertz CT molecular complexity index is 255. The molecule has 4 heteroatoms. The molecule has 12 heavy (non-hydrogen) atoms. The molecule has 1 aromatic heterocycles. The van der Waals surface area contributed by atoms with Crippen LogP contribution < -0.4 is 0 Å². The molecular formula is C8H14BrN3. The van der Waals surface area contributed by atoms with E-state index < -0.39 is 0 Å². The van der Waals surface area contributed by atoms with Gasteiger partial charge in [0.2, 0.25) is 0 Å². The quantitative estimate of drug-likeness (QED) is 0.743. The van der Waals surface area contributed by atoms with Crippen molar-refractivity contribution in [2.75, 3.05) is 5.33 Å². The second-order valence-electron chi connectivity index (χ2n) is 3.82. The van der Waals surface area contributed by atoms with Gasteiger partial charge < -0.3 is 0 Å². The third-order valence-corrected chi connectivity index (χ3v) is 3.35. The highest BCUT2D eigenvalue weighted by molar-refractivity contribution is 9.09. The Kier molecular flexibility index (Phi) is 2.88. The van der Waals surface area contributed by atoms with Gasteiger partial charge in [0.1, 0.15) is 0 Å². The molecule has 0 aromatic carbocycles. The maximum absolute atomic E-state index is 3.89. The van der Waals surface area contributed by atoms with Crippen LogP contribution in [0, 0.1) is 5.41 Å². The van der Waals surface area contributed by atoms with Crippen LogP contribution in [0.4, 0.5) is 0 Å². The fourth-order valence-corrected chi connectivity index (χ4v) is 1.21.